The zero-order valence-electron chi connectivity index (χ0n) is 19.9. The number of amides is 1. The number of Topliss-reactive ketones (excluding diaryl/α,β-unsaturated/α-hetero) is 1. The van der Waals surface area contributed by atoms with Gasteiger partial charge in [0.2, 0.25) is 5.91 Å². The molecule has 0 aliphatic carbocycles. The van der Waals surface area contributed by atoms with Crippen molar-refractivity contribution in [3.63, 3.8) is 0 Å². The van der Waals surface area contributed by atoms with Gasteiger partial charge in [-0.15, -0.1) is 0 Å². The molecule has 1 aliphatic heterocycles. The van der Waals surface area contributed by atoms with Crippen molar-refractivity contribution < 1.29 is 27.5 Å². The minimum atomic E-state index is -4.47. The predicted octanol–water partition coefficient (Wildman–Crippen LogP) is 4.54. The fourth-order valence-electron chi connectivity index (χ4n) is 4.37. The predicted molar refractivity (Wildman–Crippen MR) is 130 cm³/mol. The van der Waals surface area contributed by atoms with Crippen LogP contribution in [0.25, 0.3) is 0 Å². The van der Waals surface area contributed by atoms with Crippen LogP contribution in [0.1, 0.15) is 47.3 Å². The second-order valence-corrected chi connectivity index (χ2v) is 9.08. The molecule has 8 nitrogen and oxygen atoms in total. The zero-order chi connectivity index (χ0) is 26.5. The minimum absolute atomic E-state index is 0.0411. The molecule has 4 N–H and O–H groups in total. The standard InChI is InChI=1S/C26H27F3N4O4/c27-26(28,29)19-4-1-2-5-20(19)31-18-9-7-17(8-10-18)15-30-24(36)25(12-13-37-16-25)11-3-6-22(34)21-14-23(35)33-32-21/h1-2,4-5,7-10,14,31H,3,6,11-13,15-16H2,(H,30,36)(H2,32,33,35). The lowest BCUT2D eigenvalue weighted by Crippen LogP contribution is -2.41. The molecule has 3 aromatic rings. The average molecular weight is 517 g/mol. The lowest BCUT2D eigenvalue weighted by Gasteiger charge is -2.26. The summed E-state index contributed by atoms with van der Waals surface area (Å²) in [6, 6.07) is 13.2. The van der Waals surface area contributed by atoms with Crippen LogP contribution in [-0.2, 0) is 22.3 Å². The van der Waals surface area contributed by atoms with Crippen molar-refractivity contribution in [2.75, 3.05) is 18.5 Å². The number of ether oxygens (including phenoxy) is 1. The van der Waals surface area contributed by atoms with Crippen molar-refractivity contribution in [2.45, 2.75) is 38.4 Å². The smallest absolute Gasteiger partial charge is 0.380 e. The second kappa shape index (κ2) is 11.0. The van der Waals surface area contributed by atoms with Gasteiger partial charge in [-0.2, -0.15) is 13.2 Å². The molecule has 1 saturated heterocycles. The van der Waals surface area contributed by atoms with Crippen LogP contribution < -0.4 is 16.2 Å². The lowest BCUT2D eigenvalue weighted by atomic mass is 9.80. The van der Waals surface area contributed by atoms with E-state index in [0.29, 0.717) is 31.6 Å². The summed E-state index contributed by atoms with van der Waals surface area (Å²) in [4.78, 5) is 36.5. The van der Waals surface area contributed by atoms with Crippen molar-refractivity contribution in [3.8, 4) is 0 Å². The highest BCUT2D eigenvalue weighted by Gasteiger charge is 2.41. The number of aromatic amines is 2. The zero-order valence-corrected chi connectivity index (χ0v) is 19.9. The van der Waals surface area contributed by atoms with E-state index >= 15 is 0 Å². The summed E-state index contributed by atoms with van der Waals surface area (Å²) in [5.41, 5.74) is -0.429. The molecule has 4 rings (SSSR count). The molecule has 11 heteroatoms. The molecule has 0 bridgehead atoms. The van der Waals surface area contributed by atoms with E-state index in [9.17, 15) is 27.6 Å². The summed E-state index contributed by atoms with van der Waals surface area (Å²) in [6.07, 6.45) is -2.82. The summed E-state index contributed by atoms with van der Waals surface area (Å²) in [5.74, 6) is -0.381. The lowest BCUT2D eigenvalue weighted by molar-refractivity contribution is -0.137. The van der Waals surface area contributed by atoms with Crippen molar-refractivity contribution in [2.24, 2.45) is 5.41 Å². The largest absolute Gasteiger partial charge is 0.418 e. The van der Waals surface area contributed by atoms with Gasteiger partial charge in [-0.25, -0.2) is 0 Å². The van der Waals surface area contributed by atoms with Gasteiger partial charge in [0.05, 0.1) is 23.3 Å². The Labute approximate surface area is 210 Å². The van der Waals surface area contributed by atoms with Crippen molar-refractivity contribution in [1.82, 2.24) is 15.5 Å². The van der Waals surface area contributed by atoms with E-state index in [4.69, 9.17) is 4.74 Å². The highest BCUT2D eigenvalue weighted by molar-refractivity contribution is 5.94. The molecule has 1 atom stereocenters. The average Bonchev–Trinajstić information content (AvgIpc) is 3.53. The third kappa shape index (κ3) is 6.48. The molecule has 0 radical (unpaired) electrons. The maximum Gasteiger partial charge on any atom is 0.418 e. The summed E-state index contributed by atoms with van der Waals surface area (Å²) < 4.78 is 45.2. The quantitative estimate of drug-likeness (QED) is 0.295. The van der Waals surface area contributed by atoms with Crippen molar-refractivity contribution in [1.29, 1.82) is 0 Å². The fourth-order valence-corrected chi connectivity index (χ4v) is 4.37. The number of alkyl halides is 3. The number of para-hydroxylation sites is 1. The molecule has 2 aromatic carbocycles. The van der Waals surface area contributed by atoms with Crippen LogP contribution >= 0.6 is 0 Å². The molecule has 37 heavy (non-hydrogen) atoms. The Kier molecular flexibility index (Phi) is 7.82. The maximum absolute atomic E-state index is 13.2. The first-order chi connectivity index (χ1) is 17.7. The van der Waals surface area contributed by atoms with Gasteiger partial charge in [-0.05, 0) is 49.1 Å². The maximum atomic E-state index is 13.2. The van der Waals surface area contributed by atoms with Gasteiger partial charge < -0.3 is 15.4 Å². The number of halogens is 3. The van der Waals surface area contributed by atoms with Gasteiger partial charge >= 0.3 is 6.18 Å². The number of benzene rings is 2. The number of nitrogens with one attached hydrogen (secondary N) is 4. The summed E-state index contributed by atoms with van der Waals surface area (Å²) in [6.45, 7) is 0.950. The van der Waals surface area contributed by atoms with Crippen molar-refractivity contribution >= 4 is 23.1 Å². The van der Waals surface area contributed by atoms with Crippen molar-refractivity contribution in [3.05, 3.63) is 81.8 Å². The van der Waals surface area contributed by atoms with Crippen LogP contribution in [0.4, 0.5) is 24.5 Å². The summed E-state index contributed by atoms with van der Waals surface area (Å²) in [7, 11) is 0. The molecular formula is C26H27F3N4O4. The van der Waals surface area contributed by atoms with Gasteiger partial charge in [0, 0.05) is 31.3 Å². The second-order valence-electron chi connectivity index (χ2n) is 9.08. The van der Waals surface area contributed by atoms with Gasteiger partial charge in [-0.3, -0.25) is 24.6 Å². The molecule has 1 aromatic heterocycles. The number of ketones is 1. The highest BCUT2D eigenvalue weighted by atomic mass is 19.4. The number of carbonyl (C=O) groups excluding carboxylic acids is 2. The van der Waals surface area contributed by atoms with Crippen LogP contribution in [0.15, 0.2) is 59.4 Å². The first kappa shape index (κ1) is 26.2. The monoisotopic (exact) mass is 516 g/mol. The number of aromatic nitrogens is 2. The minimum Gasteiger partial charge on any atom is -0.380 e. The third-order valence-corrected chi connectivity index (χ3v) is 6.46. The van der Waals surface area contributed by atoms with E-state index in [-0.39, 0.29) is 48.2 Å². The molecule has 1 aliphatic rings. The van der Waals surface area contributed by atoms with Crippen LogP contribution in [-0.4, -0.2) is 35.1 Å². The van der Waals surface area contributed by atoms with Crippen LogP contribution in [0.2, 0.25) is 0 Å². The molecular weight excluding hydrogens is 489 g/mol. The molecule has 0 saturated carbocycles. The summed E-state index contributed by atoms with van der Waals surface area (Å²) >= 11 is 0. The van der Waals surface area contributed by atoms with E-state index in [1.54, 1.807) is 24.3 Å². The number of rotatable bonds is 10. The highest BCUT2D eigenvalue weighted by Crippen LogP contribution is 2.36. The Bertz CT molecular complexity index is 1290. The Morgan fingerprint density at radius 1 is 1.05 bits per heavy atom. The third-order valence-electron chi connectivity index (χ3n) is 6.46. The van der Waals surface area contributed by atoms with Gasteiger partial charge in [-0.1, -0.05) is 24.3 Å². The number of H-pyrrole nitrogens is 2. The number of anilines is 2. The fraction of sp³-hybridized carbons (Fsp3) is 0.346. The van der Waals surface area contributed by atoms with E-state index in [1.807, 2.05) is 0 Å². The van der Waals surface area contributed by atoms with Crippen LogP contribution in [0, 0.1) is 5.41 Å². The molecule has 1 unspecified atom stereocenters. The topological polar surface area (TPSA) is 116 Å². The van der Waals surface area contributed by atoms with E-state index in [2.05, 4.69) is 20.8 Å². The Morgan fingerprint density at radius 3 is 2.46 bits per heavy atom. The molecule has 0 spiro atoms. The summed E-state index contributed by atoms with van der Waals surface area (Å²) in [5, 5.41) is 10.6. The van der Waals surface area contributed by atoms with Crippen LogP contribution in [0.5, 0.6) is 0 Å². The molecule has 1 fully saturated rings. The van der Waals surface area contributed by atoms with Gasteiger partial charge in [0.15, 0.2) is 5.78 Å². The van der Waals surface area contributed by atoms with E-state index in [1.165, 1.54) is 24.3 Å². The number of carbonyl (C=O) groups is 2. The molecule has 1 amide bonds. The first-order valence-electron chi connectivity index (χ1n) is 11.9. The van der Waals surface area contributed by atoms with E-state index < -0.39 is 17.2 Å². The first-order valence-corrected chi connectivity index (χ1v) is 11.9. The molecule has 196 valence electrons. The Hall–Kier alpha value is -3.86. The number of hydrogen-bond acceptors (Lipinski definition) is 5. The van der Waals surface area contributed by atoms with Crippen LogP contribution in [0.3, 0.4) is 0 Å². The van der Waals surface area contributed by atoms with Gasteiger partial charge in [0.1, 0.15) is 5.69 Å². The SMILES string of the molecule is O=C(CCCC1(C(=O)NCc2ccc(Nc3ccccc3C(F)(F)F)cc2)CCOC1)c1cc(=O)[nH][nH]1. The van der Waals surface area contributed by atoms with E-state index in [0.717, 1.165) is 11.6 Å². The Morgan fingerprint density at radius 2 is 1.81 bits per heavy atom. The molecule has 2 heterocycles. The Balaban J connectivity index is 1.32. The van der Waals surface area contributed by atoms with Gasteiger partial charge in [0.25, 0.3) is 5.56 Å². The normalized spacial score (nSPS) is 17.5. The number of hydrogen-bond donors (Lipinski definition) is 4.